The van der Waals surface area contributed by atoms with Gasteiger partial charge in [0.15, 0.2) is 5.16 Å². The number of aromatic amines is 1. The first kappa shape index (κ1) is 13.0. The number of anilines is 1. The third-order valence-electron chi connectivity index (χ3n) is 2.75. The molecule has 0 aliphatic rings. The highest BCUT2D eigenvalue weighted by atomic mass is 79.9. The number of nitriles is 1. The van der Waals surface area contributed by atoms with Gasteiger partial charge in [-0.2, -0.15) is 5.26 Å². The van der Waals surface area contributed by atoms with Crippen LogP contribution in [-0.2, 0) is 0 Å². The number of aromatic nitrogens is 2. The van der Waals surface area contributed by atoms with Crippen LogP contribution in [-0.4, -0.2) is 9.97 Å². The molecule has 0 fully saturated rings. The average molecular weight is 345 g/mol. The Labute approximate surface area is 128 Å². The van der Waals surface area contributed by atoms with Gasteiger partial charge in [-0.15, -0.1) is 0 Å². The molecule has 0 amide bonds. The molecule has 20 heavy (non-hydrogen) atoms. The minimum absolute atomic E-state index is 0.624. The monoisotopic (exact) mass is 344 g/mol. The maximum absolute atomic E-state index is 8.86. The van der Waals surface area contributed by atoms with E-state index in [0.29, 0.717) is 11.3 Å². The highest BCUT2D eigenvalue weighted by molar-refractivity contribution is 9.10. The number of imidazole rings is 1. The lowest BCUT2D eigenvalue weighted by atomic mass is 10.2. The second-order valence-electron chi connectivity index (χ2n) is 4.18. The summed E-state index contributed by atoms with van der Waals surface area (Å²) >= 11 is 4.97. The molecule has 0 saturated heterocycles. The van der Waals surface area contributed by atoms with Crippen molar-refractivity contribution in [2.45, 2.75) is 10.1 Å². The molecule has 0 radical (unpaired) electrons. The van der Waals surface area contributed by atoms with Gasteiger partial charge in [-0.3, -0.25) is 0 Å². The van der Waals surface area contributed by atoms with Crippen LogP contribution in [0.15, 0.2) is 50.9 Å². The zero-order valence-electron chi connectivity index (χ0n) is 10.2. The molecular formula is C14H9BrN4S. The van der Waals surface area contributed by atoms with E-state index in [4.69, 9.17) is 11.0 Å². The van der Waals surface area contributed by atoms with Gasteiger partial charge in [0, 0.05) is 15.1 Å². The highest BCUT2D eigenvalue weighted by Crippen LogP contribution is 2.33. The predicted molar refractivity (Wildman–Crippen MR) is 83.5 cm³/mol. The summed E-state index contributed by atoms with van der Waals surface area (Å²) in [6, 6.07) is 13.2. The molecule has 2 aromatic carbocycles. The number of halogens is 1. The van der Waals surface area contributed by atoms with Crippen molar-refractivity contribution in [2.24, 2.45) is 0 Å². The summed E-state index contributed by atoms with van der Waals surface area (Å²) in [5.41, 5.74) is 8.87. The molecule has 4 nitrogen and oxygen atoms in total. The molecule has 1 aromatic heterocycles. The Hall–Kier alpha value is -1.97. The van der Waals surface area contributed by atoms with E-state index in [2.05, 4.69) is 32.0 Å². The Balaban J connectivity index is 1.95. The van der Waals surface area contributed by atoms with Crippen molar-refractivity contribution in [2.75, 3.05) is 5.73 Å². The lowest BCUT2D eigenvalue weighted by Gasteiger charge is -2.01. The van der Waals surface area contributed by atoms with Crippen molar-refractivity contribution in [1.29, 1.82) is 5.26 Å². The van der Waals surface area contributed by atoms with Gasteiger partial charge in [0.05, 0.1) is 22.7 Å². The zero-order valence-corrected chi connectivity index (χ0v) is 12.6. The number of fused-ring (bicyclic) bond motifs is 1. The maximum Gasteiger partial charge on any atom is 0.171 e. The summed E-state index contributed by atoms with van der Waals surface area (Å²) in [5, 5.41) is 9.64. The molecule has 0 aliphatic carbocycles. The number of nitrogen functional groups attached to an aromatic ring is 1. The second kappa shape index (κ2) is 5.19. The van der Waals surface area contributed by atoms with Gasteiger partial charge in [-0.05, 0) is 52.3 Å². The number of nitrogens with zero attached hydrogens (tertiary/aromatic N) is 2. The fourth-order valence-electron chi connectivity index (χ4n) is 1.81. The number of rotatable bonds is 2. The quantitative estimate of drug-likeness (QED) is 0.690. The molecular weight excluding hydrogens is 336 g/mol. The van der Waals surface area contributed by atoms with Gasteiger partial charge in [0.2, 0.25) is 0 Å². The van der Waals surface area contributed by atoms with Crippen molar-refractivity contribution in [1.82, 2.24) is 9.97 Å². The van der Waals surface area contributed by atoms with E-state index in [1.165, 1.54) is 11.8 Å². The SMILES string of the molecule is N#Cc1ccc(Sc2nc3ccc(N)cc3[nH]2)c(Br)c1. The first-order valence-corrected chi connectivity index (χ1v) is 7.39. The van der Waals surface area contributed by atoms with Gasteiger partial charge < -0.3 is 10.7 Å². The Morgan fingerprint density at radius 1 is 1.25 bits per heavy atom. The molecule has 3 N–H and O–H groups in total. The van der Waals surface area contributed by atoms with Crippen molar-refractivity contribution < 1.29 is 0 Å². The Morgan fingerprint density at radius 2 is 2.10 bits per heavy atom. The summed E-state index contributed by atoms with van der Waals surface area (Å²) in [4.78, 5) is 8.72. The summed E-state index contributed by atoms with van der Waals surface area (Å²) in [7, 11) is 0. The van der Waals surface area contributed by atoms with E-state index in [-0.39, 0.29) is 0 Å². The first-order chi connectivity index (χ1) is 9.65. The van der Waals surface area contributed by atoms with Crippen LogP contribution in [0.4, 0.5) is 5.69 Å². The second-order valence-corrected chi connectivity index (χ2v) is 6.06. The Kier molecular flexibility index (Phi) is 3.38. The summed E-state index contributed by atoms with van der Waals surface area (Å²) in [6.45, 7) is 0. The normalized spacial score (nSPS) is 10.6. The van der Waals surface area contributed by atoms with E-state index in [9.17, 15) is 0 Å². The minimum Gasteiger partial charge on any atom is -0.399 e. The van der Waals surface area contributed by atoms with Crippen LogP contribution in [0.2, 0.25) is 0 Å². The number of nitrogens with one attached hydrogen (secondary N) is 1. The van der Waals surface area contributed by atoms with Gasteiger partial charge in [-0.1, -0.05) is 11.8 Å². The molecule has 3 rings (SSSR count). The van der Waals surface area contributed by atoms with E-state index >= 15 is 0 Å². The zero-order chi connectivity index (χ0) is 14.1. The molecule has 0 atom stereocenters. The first-order valence-electron chi connectivity index (χ1n) is 5.78. The predicted octanol–water partition coefficient (Wildman–Crippen LogP) is 3.93. The molecule has 1 heterocycles. The van der Waals surface area contributed by atoms with E-state index in [1.54, 1.807) is 12.1 Å². The maximum atomic E-state index is 8.86. The van der Waals surface area contributed by atoms with E-state index < -0.39 is 0 Å². The number of benzene rings is 2. The molecule has 3 aromatic rings. The standard InChI is InChI=1S/C14H9BrN4S/c15-10-5-8(7-16)1-4-13(10)20-14-18-11-3-2-9(17)6-12(11)19-14/h1-6H,17H2,(H,18,19). The number of hydrogen-bond donors (Lipinski definition) is 2. The van der Waals surface area contributed by atoms with Crippen molar-refractivity contribution >= 4 is 44.4 Å². The van der Waals surface area contributed by atoms with Crippen LogP contribution in [0.5, 0.6) is 0 Å². The van der Waals surface area contributed by atoms with Gasteiger partial charge in [0.25, 0.3) is 0 Å². The van der Waals surface area contributed by atoms with E-state index in [0.717, 1.165) is 25.6 Å². The smallest absolute Gasteiger partial charge is 0.171 e. The summed E-state index contributed by atoms with van der Waals surface area (Å²) < 4.78 is 0.876. The molecule has 0 saturated carbocycles. The number of hydrogen-bond acceptors (Lipinski definition) is 4. The minimum atomic E-state index is 0.624. The summed E-state index contributed by atoms with van der Waals surface area (Å²) in [6.07, 6.45) is 0. The van der Waals surface area contributed by atoms with Crippen LogP contribution >= 0.6 is 27.7 Å². The molecule has 98 valence electrons. The highest BCUT2D eigenvalue weighted by Gasteiger charge is 2.08. The van der Waals surface area contributed by atoms with Crippen LogP contribution in [0.1, 0.15) is 5.56 Å². The Bertz CT molecular complexity index is 835. The fraction of sp³-hybridized carbons (Fsp3) is 0. The van der Waals surface area contributed by atoms with Crippen LogP contribution < -0.4 is 5.73 Å². The molecule has 0 aliphatic heterocycles. The van der Waals surface area contributed by atoms with Crippen molar-refractivity contribution in [3.05, 3.63) is 46.4 Å². The van der Waals surface area contributed by atoms with Gasteiger partial charge >= 0.3 is 0 Å². The molecule has 6 heteroatoms. The van der Waals surface area contributed by atoms with E-state index in [1.807, 2.05) is 24.3 Å². The average Bonchev–Trinajstić information content (AvgIpc) is 2.82. The fourth-order valence-corrected chi connectivity index (χ4v) is 3.24. The van der Waals surface area contributed by atoms with Gasteiger partial charge in [0.1, 0.15) is 0 Å². The molecule has 0 bridgehead atoms. The Morgan fingerprint density at radius 3 is 2.85 bits per heavy atom. The van der Waals surface area contributed by atoms with Crippen LogP contribution in [0.3, 0.4) is 0 Å². The van der Waals surface area contributed by atoms with Crippen LogP contribution in [0.25, 0.3) is 11.0 Å². The molecule has 0 unspecified atom stereocenters. The lowest BCUT2D eigenvalue weighted by molar-refractivity contribution is 1.08. The number of H-pyrrole nitrogens is 1. The van der Waals surface area contributed by atoms with Crippen molar-refractivity contribution in [3.63, 3.8) is 0 Å². The third-order valence-corrected chi connectivity index (χ3v) is 4.63. The topological polar surface area (TPSA) is 78.5 Å². The summed E-state index contributed by atoms with van der Waals surface area (Å²) in [5.74, 6) is 0. The van der Waals surface area contributed by atoms with Crippen molar-refractivity contribution in [3.8, 4) is 6.07 Å². The molecule has 0 spiro atoms. The van der Waals surface area contributed by atoms with Gasteiger partial charge in [-0.25, -0.2) is 4.98 Å². The largest absolute Gasteiger partial charge is 0.399 e. The lowest BCUT2D eigenvalue weighted by Crippen LogP contribution is -1.82. The third kappa shape index (κ3) is 2.50. The van der Waals surface area contributed by atoms with Crippen LogP contribution in [0, 0.1) is 11.3 Å². The number of nitrogens with two attached hydrogens (primary N) is 1.